The van der Waals surface area contributed by atoms with Gasteiger partial charge in [0.1, 0.15) is 0 Å². The minimum Gasteiger partial charge on any atom is -0.326 e. The summed E-state index contributed by atoms with van der Waals surface area (Å²) >= 11 is 1.59. The Hall–Kier alpha value is -2.47. The van der Waals surface area contributed by atoms with Crippen molar-refractivity contribution < 1.29 is 14.4 Å². The molecule has 0 aliphatic carbocycles. The van der Waals surface area contributed by atoms with E-state index in [0.717, 1.165) is 9.75 Å². The minimum atomic E-state index is -0.204. The number of nitrogens with one attached hydrogen (secondary N) is 2. The highest BCUT2D eigenvalue weighted by Gasteiger charge is 2.14. The summed E-state index contributed by atoms with van der Waals surface area (Å²) in [5, 5.41) is 5.60. The smallest absolute Gasteiger partial charge is 0.224 e. The predicted octanol–water partition coefficient (Wildman–Crippen LogP) is 4.95. The summed E-state index contributed by atoms with van der Waals surface area (Å²) in [4.78, 5) is 38.2. The third-order valence-corrected chi connectivity index (χ3v) is 4.93. The van der Waals surface area contributed by atoms with Gasteiger partial charge in [-0.1, -0.05) is 13.8 Å². The highest BCUT2D eigenvalue weighted by atomic mass is 32.1. The second-order valence-corrected chi connectivity index (χ2v) is 8.48. The molecule has 1 aromatic carbocycles. The molecule has 144 valence electrons. The monoisotopic (exact) mass is 386 g/mol. The van der Waals surface area contributed by atoms with Gasteiger partial charge in [0.2, 0.25) is 11.8 Å². The average molecular weight is 387 g/mol. The minimum absolute atomic E-state index is 0.00443. The number of Topliss-reactive ketones (excluding diaryl/α,β-unsaturated/α-hetero) is 1. The molecule has 0 aliphatic heterocycles. The fraction of sp³-hybridized carbons (Fsp3) is 0.381. The van der Waals surface area contributed by atoms with Crippen LogP contribution in [0.3, 0.4) is 0 Å². The summed E-state index contributed by atoms with van der Waals surface area (Å²) in [5.41, 5.74) is 2.04. The number of thiophene rings is 1. The normalized spacial score (nSPS) is 10.7. The number of rotatable bonds is 8. The zero-order chi connectivity index (χ0) is 20.0. The molecule has 0 fully saturated rings. The van der Waals surface area contributed by atoms with Gasteiger partial charge >= 0.3 is 0 Å². The number of anilines is 2. The van der Waals surface area contributed by atoms with Crippen molar-refractivity contribution in [1.29, 1.82) is 0 Å². The van der Waals surface area contributed by atoms with Crippen LogP contribution in [0.5, 0.6) is 0 Å². The highest BCUT2D eigenvalue weighted by Crippen LogP contribution is 2.22. The van der Waals surface area contributed by atoms with Gasteiger partial charge in [-0.3, -0.25) is 14.4 Å². The third kappa shape index (κ3) is 6.64. The second kappa shape index (κ2) is 9.46. The van der Waals surface area contributed by atoms with Gasteiger partial charge in [0.15, 0.2) is 5.78 Å². The van der Waals surface area contributed by atoms with Gasteiger partial charge in [0.25, 0.3) is 0 Å². The van der Waals surface area contributed by atoms with Gasteiger partial charge < -0.3 is 10.6 Å². The quantitative estimate of drug-likeness (QED) is 0.630. The molecule has 27 heavy (non-hydrogen) atoms. The lowest BCUT2D eigenvalue weighted by molar-refractivity contribution is -0.117. The number of hydrogen-bond acceptors (Lipinski definition) is 4. The number of carbonyl (C=O) groups excluding carboxylic acids is 3. The number of benzene rings is 1. The number of hydrogen-bond donors (Lipinski definition) is 2. The van der Waals surface area contributed by atoms with Gasteiger partial charge in [-0.15, -0.1) is 11.3 Å². The standard InChI is InChI=1S/C21H26N2O3S/c1-13(2)11-21(26)23-17-7-5-16(6-8-17)22-20(25)10-9-19(24)18-12-14(3)27-15(18)4/h5-8,12-13H,9-11H2,1-4H3,(H,22,25)(H,23,26). The van der Waals surface area contributed by atoms with Crippen LogP contribution in [0.2, 0.25) is 0 Å². The topological polar surface area (TPSA) is 75.3 Å². The summed E-state index contributed by atoms with van der Waals surface area (Å²) in [5.74, 6) is 0.0621. The van der Waals surface area contributed by atoms with Crippen LogP contribution in [0.15, 0.2) is 30.3 Å². The van der Waals surface area contributed by atoms with Crippen molar-refractivity contribution >= 4 is 40.3 Å². The van der Waals surface area contributed by atoms with Crippen molar-refractivity contribution in [2.24, 2.45) is 5.92 Å². The van der Waals surface area contributed by atoms with Gasteiger partial charge in [-0.25, -0.2) is 0 Å². The van der Waals surface area contributed by atoms with E-state index >= 15 is 0 Å². The molecule has 0 aliphatic rings. The zero-order valence-electron chi connectivity index (χ0n) is 16.2. The third-order valence-electron chi connectivity index (χ3n) is 3.97. The molecule has 2 rings (SSSR count). The van der Waals surface area contributed by atoms with Crippen LogP contribution >= 0.6 is 11.3 Å². The summed E-state index contributed by atoms with van der Waals surface area (Å²) in [6.07, 6.45) is 0.794. The SMILES string of the molecule is Cc1cc(C(=O)CCC(=O)Nc2ccc(NC(=O)CC(C)C)cc2)c(C)s1. The van der Waals surface area contributed by atoms with E-state index in [9.17, 15) is 14.4 Å². The van der Waals surface area contributed by atoms with E-state index in [-0.39, 0.29) is 30.4 Å². The molecule has 0 spiro atoms. The molecule has 1 heterocycles. The van der Waals surface area contributed by atoms with E-state index < -0.39 is 0 Å². The van der Waals surface area contributed by atoms with Crippen LogP contribution < -0.4 is 10.6 Å². The Morgan fingerprint density at radius 1 is 0.926 bits per heavy atom. The first kappa shape index (κ1) is 20.8. The molecule has 2 N–H and O–H groups in total. The highest BCUT2D eigenvalue weighted by molar-refractivity contribution is 7.12. The van der Waals surface area contributed by atoms with Gasteiger partial charge in [-0.2, -0.15) is 0 Å². The van der Waals surface area contributed by atoms with E-state index in [2.05, 4.69) is 10.6 Å². The molecule has 0 radical (unpaired) electrons. The summed E-state index contributed by atoms with van der Waals surface area (Å²) in [7, 11) is 0. The average Bonchev–Trinajstić information content (AvgIpc) is 2.92. The lowest BCUT2D eigenvalue weighted by Gasteiger charge is -2.09. The van der Waals surface area contributed by atoms with E-state index in [4.69, 9.17) is 0 Å². The van der Waals surface area contributed by atoms with Gasteiger partial charge in [-0.05, 0) is 50.1 Å². The van der Waals surface area contributed by atoms with Crippen molar-refractivity contribution in [3.05, 3.63) is 45.6 Å². The predicted molar refractivity (Wildman–Crippen MR) is 111 cm³/mol. The van der Waals surface area contributed by atoms with Crippen LogP contribution in [-0.2, 0) is 9.59 Å². The van der Waals surface area contributed by atoms with Crippen LogP contribution in [-0.4, -0.2) is 17.6 Å². The van der Waals surface area contributed by atoms with Gasteiger partial charge in [0.05, 0.1) is 0 Å². The Morgan fingerprint density at radius 3 is 1.96 bits per heavy atom. The van der Waals surface area contributed by atoms with Crippen molar-refractivity contribution in [2.75, 3.05) is 10.6 Å². The Labute approximate surface area is 164 Å². The number of carbonyl (C=O) groups is 3. The lowest BCUT2D eigenvalue weighted by Crippen LogP contribution is -2.15. The Balaban J connectivity index is 1.82. The van der Waals surface area contributed by atoms with Crippen molar-refractivity contribution in [1.82, 2.24) is 0 Å². The molecule has 2 amide bonds. The summed E-state index contributed by atoms with van der Waals surface area (Å²) < 4.78 is 0. The summed E-state index contributed by atoms with van der Waals surface area (Å²) in [6.45, 7) is 7.87. The molecular formula is C21H26N2O3S. The molecule has 0 atom stereocenters. The first-order valence-corrected chi connectivity index (χ1v) is 9.86. The maximum atomic E-state index is 12.2. The van der Waals surface area contributed by atoms with Crippen LogP contribution in [0, 0.1) is 19.8 Å². The van der Waals surface area contributed by atoms with Crippen LogP contribution in [0.4, 0.5) is 11.4 Å². The molecule has 1 aromatic heterocycles. The van der Waals surface area contributed by atoms with Crippen molar-refractivity contribution in [2.45, 2.75) is 47.0 Å². The fourth-order valence-corrected chi connectivity index (χ4v) is 3.66. The number of aryl methyl sites for hydroxylation is 2. The first-order valence-electron chi connectivity index (χ1n) is 9.04. The molecule has 2 aromatic rings. The lowest BCUT2D eigenvalue weighted by atomic mass is 10.1. The maximum absolute atomic E-state index is 12.2. The first-order chi connectivity index (χ1) is 12.7. The van der Waals surface area contributed by atoms with Gasteiger partial charge in [0, 0.05) is 46.0 Å². The molecule has 0 bridgehead atoms. The van der Waals surface area contributed by atoms with Crippen molar-refractivity contribution in [3.63, 3.8) is 0 Å². The largest absolute Gasteiger partial charge is 0.326 e. The van der Waals surface area contributed by atoms with E-state index in [0.29, 0.717) is 29.3 Å². The van der Waals surface area contributed by atoms with Crippen LogP contribution in [0.1, 0.15) is 53.2 Å². The van der Waals surface area contributed by atoms with Crippen LogP contribution in [0.25, 0.3) is 0 Å². The van der Waals surface area contributed by atoms with E-state index in [1.165, 1.54) is 0 Å². The summed E-state index contributed by atoms with van der Waals surface area (Å²) in [6, 6.07) is 8.84. The maximum Gasteiger partial charge on any atom is 0.224 e. The van der Waals surface area contributed by atoms with E-state index in [1.807, 2.05) is 33.8 Å². The Morgan fingerprint density at radius 2 is 1.48 bits per heavy atom. The second-order valence-electron chi connectivity index (χ2n) is 7.02. The number of amides is 2. The molecule has 6 heteroatoms. The Bertz CT molecular complexity index is 822. The molecular weight excluding hydrogens is 360 g/mol. The fourth-order valence-electron chi connectivity index (χ4n) is 2.71. The zero-order valence-corrected chi connectivity index (χ0v) is 17.0. The Kier molecular flexibility index (Phi) is 7.30. The molecule has 0 saturated carbocycles. The molecule has 0 saturated heterocycles. The van der Waals surface area contributed by atoms with Crippen molar-refractivity contribution in [3.8, 4) is 0 Å². The number of ketones is 1. The molecule has 0 unspecified atom stereocenters. The molecule has 5 nitrogen and oxygen atoms in total. The van der Waals surface area contributed by atoms with E-state index in [1.54, 1.807) is 35.6 Å².